The van der Waals surface area contributed by atoms with Gasteiger partial charge in [0.2, 0.25) is 5.91 Å². The summed E-state index contributed by atoms with van der Waals surface area (Å²) in [7, 11) is 3.18. The number of benzene rings is 1. The Morgan fingerprint density at radius 3 is 2.61 bits per heavy atom. The first-order valence-electron chi connectivity index (χ1n) is 9.92. The van der Waals surface area contributed by atoms with Crippen molar-refractivity contribution in [3.63, 3.8) is 0 Å². The van der Waals surface area contributed by atoms with Crippen LogP contribution in [0, 0.1) is 0 Å². The van der Waals surface area contributed by atoms with Gasteiger partial charge in [-0.05, 0) is 18.6 Å². The van der Waals surface area contributed by atoms with Gasteiger partial charge in [0.05, 0.1) is 14.2 Å². The molecule has 4 rings (SSSR count). The zero-order chi connectivity index (χ0) is 22.0. The van der Waals surface area contributed by atoms with Gasteiger partial charge in [0, 0.05) is 48.5 Å². The normalized spacial score (nSPS) is 15.8. The van der Waals surface area contributed by atoms with Crippen LogP contribution in [-0.4, -0.2) is 52.7 Å². The maximum Gasteiger partial charge on any atom is 0.245 e. The number of rotatable bonds is 7. The molecule has 1 aromatic carbocycles. The second-order valence-electron chi connectivity index (χ2n) is 7.31. The number of ether oxygens (including phenoxy) is 3. The van der Waals surface area contributed by atoms with E-state index in [0.29, 0.717) is 41.7 Å². The summed E-state index contributed by atoms with van der Waals surface area (Å²) >= 11 is 0. The second-order valence-corrected chi connectivity index (χ2v) is 7.31. The van der Waals surface area contributed by atoms with E-state index in [1.807, 2.05) is 6.07 Å². The van der Waals surface area contributed by atoms with Crippen molar-refractivity contribution >= 4 is 17.2 Å². The molecule has 0 bridgehead atoms. The Morgan fingerprint density at radius 2 is 1.94 bits per heavy atom. The molecule has 2 aromatic heterocycles. The molecule has 0 saturated carbocycles. The number of nitrogens with two attached hydrogens (primary N) is 1. The first-order valence-corrected chi connectivity index (χ1v) is 9.92. The van der Waals surface area contributed by atoms with Crippen molar-refractivity contribution in [2.24, 2.45) is 0 Å². The Balaban J connectivity index is 1.63. The number of carbonyl (C=O) groups excluding carboxylic acids is 1. The van der Waals surface area contributed by atoms with Crippen LogP contribution in [0.4, 0.5) is 5.82 Å². The maximum atomic E-state index is 12.0. The standard InChI is InChI=1S/C22H25N5O4/c1-4-20(28)26-6-5-14(11-26)19-7-15(21-22(23)24-13-25-27(19)21)12-31-18-9-16(29-2)8-17(10-18)30-3/h4,7-10,13-14H,1,5-6,11-12H2,2-3H3,(H2,23,24,25)/t14-/m0/s1. The lowest BCUT2D eigenvalue weighted by molar-refractivity contribution is -0.125. The summed E-state index contributed by atoms with van der Waals surface area (Å²) < 4.78 is 18.4. The first-order chi connectivity index (χ1) is 15.0. The van der Waals surface area contributed by atoms with E-state index in [4.69, 9.17) is 19.9 Å². The molecular formula is C22H25N5O4. The van der Waals surface area contributed by atoms with E-state index >= 15 is 0 Å². The molecule has 162 valence electrons. The summed E-state index contributed by atoms with van der Waals surface area (Å²) in [4.78, 5) is 17.9. The quantitative estimate of drug-likeness (QED) is 0.582. The third kappa shape index (κ3) is 3.98. The topological polar surface area (TPSA) is 104 Å². The average Bonchev–Trinajstić information content (AvgIpc) is 3.42. The predicted octanol–water partition coefficient (Wildman–Crippen LogP) is 2.41. The lowest BCUT2D eigenvalue weighted by Crippen LogP contribution is -2.26. The number of nitrogens with zero attached hydrogens (tertiary/aromatic N) is 4. The number of hydrogen-bond donors (Lipinski definition) is 1. The number of fused-ring (bicyclic) bond motifs is 1. The number of hydrogen-bond acceptors (Lipinski definition) is 7. The minimum atomic E-state index is -0.0620. The Labute approximate surface area is 180 Å². The van der Waals surface area contributed by atoms with Gasteiger partial charge in [-0.3, -0.25) is 4.79 Å². The molecule has 0 spiro atoms. The molecule has 1 saturated heterocycles. The van der Waals surface area contributed by atoms with Gasteiger partial charge in [-0.2, -0.15) is 5.10 Å². The SMILES string of the molecule is C=CC(=O)N1CC[C@H](c2cc(COc3cc(OC)cc(OC)c3)c3c(N)ncnn23)C1. The molecule has 2 N–H and O–H groups in total. The van der Waals surface area contributed by atoms with Gasteiger partial charge in [0.15, 0.2) is 5.82 Å². The highest BCUT2D eigenvalue weighted by atomic mass is 16.5. The fraction of sp³-hybridized carbons (Fsp3) is 0.318. The maximum absolute atomic E-state index is 12.0. The van der Waals surface area contributed by atoms with E-state index in [1.54, 1.807) is 41.8 Å². The molecule has 3 aromatic rings. The largest absolute Gasteiger partial charge is 0.496 e. The Morgan fingerprint density at radius 1 is 1.23 bits per heavy atom. The third-order valence-electron chi connectivity index (χ3n) is 5.50. The van der Waals surface area contributed by atoms with Crippen LogP contribution in [0.3, 0.4) is 0 Å². The summed E-state index contributed by atoms with van der Waals surface area (Å²) in [6.07, 6.45) is 3.62. The molecular weight excluding hydrogens is 398 g/mol. The molecule has 3 heterocycles. The average molecular weight is 423 g/mol. The van der Waals surface area contributed by atoms with Crippen LogP contribution in [0.2, 0.25) is 0 Å². The second kappa shape index (κ2) is 8.55. The number of methoxy groups -OCH3 is 2. The summed E-state index contributed by atoms with van der Waals surface area (Å²) in [6.45, 7) is 5.13. The zero-order valence-electron chi connectivity index (χ0n) is 17.6. The Kier molecular flexibility index (Phi) is 5.66. The molecule has 1 fully saturated rings. The molecule has 0 unspecified atom stereocenters. The minimum absolute atomic E-state index is 0.0620. The van der Waals surface area contributed by atoms with Crippen LogP contribution < -0.4 is 19.9 Å². The molecule has 9 nitrogen and oxygen atoms in total. The number of likely N-dealkylation sites (tertiary alicyclic amines) is 1. The van der Waals surface area contributed by atoms with Crippen LogP contribution in [0.1, 0.15) is 23.6 Å². The zero-order valence-corrected chi connectivity index (χ0v) is 17.6. The van der Waals surface area contributed by atoms with E-state index < -0.39 is 0 Å². The Bertz CT molecular complexity index is 1100. The van der Waals surface area contributed by atoms with E-state index in [0.717, 1.165) is 17.7 Å². The summed E-state index contributed by atoms with van der Waals surface area (Å²) in [5.41, 5.74) is 8.73. The van der Waals surface area contributed by atoms with Crippen molar-refractivity contribution in [2.75, 3.05) is 33.0 Å². The summed E-state index contributed by atoms with van der Waals surface area (Å²) in [5, 5.41) is 4.41. The molecule has 1 atom stereocenters. The van der Waals surface area contributed by atoms with E-state index in [-0.39, 0.29) is 18.4 Å². The van der Waals surface area contributed by atoms with Crippen molar-refractivity contribution in [1.82, 2.24) is 19.5 Å². The minimum Gasteiger partial charge on any atom is -0.496 e. The van der Waals surface area contributed by atoms with Gasteiger partial charge in [-0.25, -0.2) is 9.50 Å². The van der Waals surface area contributed by atoms with Crippen molar-refractivity contribution < 1.29 is 19.0 Å². The van der Waals surface area contributed by atoms with Gasteiger partial charge in [-0.15, -0.1) is 0 Å². The van der Waals surface area contributed by atoms with Crippen molar-refractivity contribution in [3.8, 4) is 17.2 Å². The van der Waals surface area contributed by atoms with Crippen molar-refractivity contribution in [3.05, 3.63) is 54.5 Å². The highest BCUT2D eigenvalue weighted by molar-refractivity contribution is 5.87. The fourth-order valence-electron chi connectivity index (χ4n) is 3.93. The third-order valence-corrected chi connectivity index (χ3v) is 5.50. The summed E-state index contributed by atoms with van der Waals surface area (Å²) in [5.74, 6) is 2.33. The molecule has 9 heteroatoms. The van der Waals surface area contributed by atoms with Crippen molar-refractivity contribution in [2.45, 2.75) is 18.9 Å². The number of amides is 1. The fourth-order valence-corrected chi connectivity index (χ4v) is 3.93. The predicted molar refractivity (Wildman–Crippen MR) is 115 cm³/mol. The van der Waals surface area contributed by atoms with Crippen LogP contribution in [-0.2, 0) is 11.4 Å². The smallest absolute Gasteiger partial charge is 0.245 e. The van der Waals surface area contributed by atoms with Crippen LogP contribution in [0.15, 0.2) is 43.2 Å². The lowest BCUT2D eigenvalue weighted by Gasteiger charge is -2.14. The van der Waals surface area contributed by atoms with Gasteiger partial charge in [-0.1, -0.05) is 6.58 Å². The monoisotopic (exact) mass is 423 g/mol. The van der Waals surface area contributed by atoms with Gasteiger partial charge < -0.3 is 24.8 Å². The number of anilines is 1. The molecule has 1 aliphatic rings. The molecule has 1 aliphatic heterocycles. The highest BCUT2D eigenvalue weighted by Crippen LogP contribution is 2.33. The first kappa shape index (κ1) is 20.5. The number of carbonyl (C=O) groups is 1. The van der Waals surface area contributed by atoms with E-state index in [9.17, 15) is 4.79 Å². The van der Waals surface area contributed by atoms with Gasteiger partial charge in [0.25, 0.3) is 0 Å². The number of nitrogen functional groups attached to an aromatic ring is 1. The van der Waals surface area contributed by atoms with E-state index in [2.05, 4.69) is 16.7 Å². The van der Waals surface area contributed by atoms with Crippen LogP contribution >= 0.6 is 0 Å². The van der Waals surface area contributed by atoms with E-state index in [1.165, 1.54) is 12.4 Å². The van der Waals surface area contributed by atoms with Gasteiger partial charge in [0.1, 0.15) is 35.7 Å². The molecule has 0 radical (unpaired) electrons. The lowest BCUT2D eigenvalue weighted by atomic mass is 10.0. The Hall–Kier alpha value is -3.75. The van der Waals surface area contributed by atoms with Crippen LogP contribution in [0.25, 0.3) is 5.52 Å². The highest BCUT2D eigenvalue weighted by Gasteiger charge is 2.29. The summed E-state index contributed by atoms with van der Waals surface area (Å²) in [6, 6.07) is 7.39. The van der Waals surface area contributed by atoms with Crippen molar-refractivity contribution in [1.29, 1.82) is 0 Å². The molecule has 0 aliphatic carbocycles. The van der Waals surface area contributed by atoms with Crippen LogP contribution in [0.5, 0.6) is 17.2 Å². The van der Waals surface area contributed by atoms with Gasteiger partial charge >= 0.3 is 0 Å². The number of aromatic nitrogens is 3. The molecule has 31 heavy (non-hydrogen) atoms. The molecule has 1 amide bonds.